The molecule has 0 spiro atoms. The SMILES string of the molecule is COC(=O)C(=CC(=O)O)CBr. The number of alkyl halides is 1. The van der Waals surface area contributed by atoms with Crippen LogP contribution in [0.4, 0.5) is 0 Å². The van der Waals surface area contributed by atoms with Crippen molar-refractivity contribution in [2.75, 3.05) is 12.4 Å². The Kier molecular flexibility index (Phi) is 4.52. The molecule has 0 unspecified atom stereocenters. The lowest BCUT2D eigenvalue weighted by atomic mass is 10.3. The number of ether oxygens (including phenoxy) is 1. The monoisotopic (exact) mass is 222 g/mol. The van der Waals surface area contributed by atoms with Crippen molar-refractivity contribution >= 4 is 27.9 Å². The number of rotatable bonds is 3. The molecule has 0 saturated carbocycles. The lowest BCUT2D eigenvalue weighted by molar-refractivity contribution is -0.137. The van der Waals surface area contributed by atoms with Gasteiger partial charge in [0.25, 0.3) is 0 Å². The van der Waals surface area contributed by atoms with Gasteiger partial charge in [-0.25, -0.2) is 9.59 Å². The highest BCUT2D eigenvalue weighted by Crippen LogP contribution is 2.01. The van der Waals surface area contributed by atoms with Crippen LogP contribution in [0.1, 0.15) is 0 Å². The van der Waals surface area contributed by atoms with Crippen LogP contribution in [-0.2, 0) is 14.3 Å². The molecule has 0 rings (SSSR count). The molecule has 0 aliphatic heterocycles. The van der Waals surface area contributed by atoms with Gasteiger partial charge in [0.15, 0.2) is 0 Å². The molecule has 0 atom stereocenters. The van der Waals surface area contributed by atoms with E-state index in [1.807, 2.05) is 0 Å². The maximum Gasteiger partial charge on any atom is 0.334 e. The second kappa shape index (κ2) is 4.90. The van der Waals surface area contributed by atoms with Gasteiger partial charge in [-0.3, -0.25) is 0 Å². The number of carboxylic acid groups (broad SMARTS) is 1. The third kappa shape index (κ3) is 3.77. The van der Waals surface area contributed by atoms with Crippen LogP contribution in [0.3, 0.4) is 0 Å². The Morgan fingerprint density at radius 1 is 1.64 bits per heavy atom. The van der Waals surface area contributed by atoms with Gasteiger partial charge in [0.05, 0.1) is 12.7 Å². The zero-order valence-electron chi connectivity index (χ0n) is 5.83. The summed E-state index contributed by atoms with van der Waals surface area (Å²) < 4.78 is 4.30. The first-order chi connectivity index (χ1) is 5.11. The van der Waals surface area contributed by atoms with Crippen LogP contribution < -0.4 is 0 Å². The Labute approximate surface area is 72.0 Å². The lowest BCUT2D eigenvalue weighted by Crippen LogP contribution is -2.07. The Morgan fingerprint density at radius 2 is 2.18 bits per heavy atom. The number of halogens is 1. The number of aliphatic carboxylic acids is 1. The summed E-state index contributed by atoms with van der Waals surface area (Å²) in [6.07, 6.45) is 0.806. The van der Waals surface area contributed by atoms with Crippen LogP contribution >= 0.6 is 15.9 Å². The Balaban J connectivity index is 4.39. The fourth-order valence-corrected chi connectivity index (χ4v) is 0.823. The Bertz CT molecular complexity index is 197. The Hall–Kier alpha value is -0.840. The van der Waals surface area contributed by atoms with Gasteiger partial charge < -0.3 is 9.84 Å². The zero-order chi connectivity index (χ0) is 8.85. The highest BCUT2D eigenvalue weighted by Gasteiger charge is 2.08. The molecule has 0 aliphatic carbocycles. The van der Waals surface area contributed by atoms with Crippen LogP contribution in [0.5, 0.6) is 0 Å². The van der Waals surface area contributed by atoms with E-state index in [1.165, 1.54) is 7.11 Å². The van der Waals surface area contributed by atoms with Crippen LogP contribution in [0.15, 0.2) is 11.6 Å². The highest BCUT2D eigenvalue weighted by molar-refractivity contribution is 9.09. The molecule has 0 fully saturated rings. The van der Waals surface area contributed by atoms with Gasteiger partial charge in [-0.2, -0.15) is 0 Å². The van der Waals surface area contributed by atoms with Gasteiger partial charge >= 0.3 is 11.9 Å². The van der Waals surface area contributed by atoms with Crippen molar-refractivity contribution < 1.29 is 19.4 Å². The molecule has 62 valence electrons. The van der Waals surface area contributed by atoms with Crippen molar-refractivity contribution in [2.45, 2.75) is 0 Å². The average Bonchev–Trinajstić information content (AvgIpc) is 1.98. The summed E-state index contributed by atoms with van der Waals surface area (Å²) in [5.74, 6) is -1.80. The first-order valence-corrected chi connectivity index (χ1v) is 3.81. The molecular weight excluding hydrogens is 216 g/mol. The number of hydrogen-bond donors (Lipinski definition) is 1. The van der Waals surface area contributed by atoms with E-state index in [2.05, 4.69) is 20.7 Å². The van der Waals surface area contributed by atoms with Crippen LogP contribution in [-0.4, -0.2) is 29.5 Å². The second-order valence-electron chi connectivity index (χ2n) is 1.63. The molecule has 1 N–H and O–H groups in total. The minimum Gasteiger partial charge on any atom is -0.478 e. The average molecular weight is 223 g/mol. The first kappa shape index (κ1) is 10.2. The first-order valence-electron chi connectivity index (χ1n) is 2.69. The molecule has 0 radical (unpaired) electrons. The molecule has 0 aliphatic rings. The van der Waals surface area contributed by atoms with E-state index in [1.54, 1.807) is 0 Å². The summed E-state index contributed by atoms with van der Waals surface area (Å²) in [6, 6.07) is 0. The molecule has 4 nitrogen and oxygen atoms in total. The molecule has 0 aromatic carbocycles. The van der Waals surface area contributed by atoms with E-state index >= 15 is 0 Å². The van der Waals surface area contributed by atoms with Crippen molar-refractivity contribution in [3.05, 3.63) is 11.6 Å². The largest absolute Gasteiger partial charge is 0.478 e. The van der Waals surface area contributed by atoms with E-state index in [-0.39, 0.29) is 10.9 Å². The van der Waals surface area contributed by atoms with Crippen molar-refractivity contribution in [3.8, 4) is 0 Å². The van der Waals surface area contributed by atoms with E-state index in [4.69, 9.17) is 5.11 Å². The molecule has 0 heterocycles. The molecule has 0 aromatic rings. The fourth-order valence-electron chi connectivity index (χ4n) is 0.432. The predicted molar refractivity (Wildman–Crippen MR) is 41.5 cm³/mol. The van der Waals surface area contributed by atoms with Gasteiger partial charge in [-0.1, -0.05) is 15.9 Å². The molecule has 5 heteroatoms. The van der Waals surface area contributed by atoms with E-state index in [0.29, 0.717) is 0 Å². The minimum absolute atomic E-state index is 0.0833. The highest BCUT2D eigenvalue weighted by atomic mass is 79.9. The topological polar surface area (TPSA) is 63.6 Å². The summed E-state index contributed by atoms with van der Waals surface area (Å²) in [4.78, 5) is 20.8. The summed E-state index contributed by atoms with van der Waals surface area (Å²) in [7, 11) is 1.20. The summed E-state index contributed by atoms with van der Waals surface area (Å²) in [5, 5.41) is 8.43. The summed E-state index contributed by atoms with van der Waals surface area (Å²) >= 11 is 2.95. The predicted octanol–water partition coefficient (Wildman–Crippen LogP) is 0.565. The fraction of sp³-hybridized carbons (Fsp3) is 0.333. The van der Waals surface area contributed by atoms with Crippen LogP contribution in [0, 0.1) is 0 Å². The standard InChI is InChI=1S/C6H7BrO4/c1-11-6(10)4(3-7)2-5(8)9/h2H,3H2,1H3,(H,8,9). The van der Waals surface area contributed by atoms with Gasteiger partial charge in [0.1, 0.15) is 0 Å². The van der Waals surface area contributed by atoms with Crippen LogP contribution in [0.2, 0.25) is 0 Å². The van der Waals surface area contributed by atoms with E-state index < -0.39 is 11.9 Å². The van der Waals surface area contributed by atoms with E-state index in [9.17, 15) is 9.59 Å². The smallest absolute Gasteiger partial charge is 0.334 e. The number of carbonyl (C=O) groups is 2. The maximum absolute atomic E-state index is 10.7. The normalized spacial score (nSPS) is 10.9. The van der Waals surface area contributed by atoms with Gasteiger partial charge in [0.2, 0.25) is 0 Å². The van der Waals surface area contributed by atoms with Crippen molar-refractivity contribution in [1.29, 1.82) is 0 Å². The summed E-state index contributed by atoms with van der Waals surface area (Å²) in [5.41, 5.74) is 0.0833. The quantitative estimate of drug-likeness (QED) is 0.431. The Morgan fingerprint density at radius 3 is 2.45 bits per heavy atom. The molecular formula is C6H7BrO4. The van der Waals surface area contributed by atoms with Crippen molar-refractivity contribution in [2.24, 2.45) is 0 Å². The number of esters is 1. The maximum atomic E-state index is 10.7. The molecule has 11 heavy (non-hydrogen) atoms. The third-order valence-electron chi connectivity index (χ3n) is 0.889. The molecule has 0 amide bonds. The number of carboxylic acids is 1. The molecule has 0 bridgehead atoms. The van der Waals surface area contributed by atoms with Crippen molar-refractivity contribution in [3.63, 3.8) is 0 Å². The second-order valence-corrected chi connectivity index (χ2v) is 2.19. The minimum atomic E-state index is -1.16. The van der Waals surface area contributed by atoms with E-state index in [0.717, 1.165) is 6.08 Å². The van der Waals surface area contributed by atoms with Gasteiger partial charge in [-0.15, -0.1) is 0 Å². The molecule has 0 saturated heterocycles. The lowest BCUT2D eigenvalue weighted by Gasteiger charge is -1.97. The number of hydrogen-bond acceptors (Lipinski definition) is 3. The number of methoxy groups -OCH3 is 1. The number of carbonyl (C=O) groups excluding carboxylic acids is 1. The van der Waals surface area contributed by atoms with Crippen LogP contribution in [0.25, 0.3) is 0 Å². The van der Waals surface area contributed by atoms with Gasteiger partial charge in [0, 0.05) is 11.4 Å². The third-order valence-corrected chi connectivity index (χ3v) is 1.49. The zero-order valence-corrected chi connectivity index (χ0v) is 7.42. The summed E-state index contributed by atoms with van der Waals surface area (Å²) in [6.45, 7) is 0. The van der Waals surface area contributed by atoms with Gasteiger partial charge in [-0.05, 0) is 0 Å². The van der Waals surface area contributed by atoms with Crippen molar-refractivity contribution in [1.82, 2.24) is 0 Å². The molecule has 0 aromatic heterocycles.